The molecule has 1 atom stereocenters. The molecule has 10 heteroatoms. The van der Waals surface area contributed by atoms with Gasteiger partial charge in [-0.2, -0.15) is 0 Å². The summed E-state index contributed by atoms with van der Waals surface area (Å²) in [6.07, 6.45) is 1.01. The van der Waals surface area contributed by atoms with Crippen molar-refractivity contribution in [1.82, 2.24) is 10.2 Å². The lowest BCUT2D eigenvalue weighted by Gasteiger charge is -2.31. The van der Waals surface area contributed by atoms with E-state index in [0.29, 0.717) is 12.3 Å². The number of halogens is 1. The van der Waals surface area contributed by atoms with Crippen LogP contribution in [0.25, 0.3) is 0 Å². The minimum atomic E-state index is -3.83. The van der Waals surface area contributed by atoms with Crippen molar-refractivity contribution >= 4 is 39.1 Å². The van der Waals surface area contributed by atoms with E-state index < -0.39 is 28.5 Å². The largest absolute Gasteiger partial charge is 0.495 e. The van der Waals surface area contributed by atoms with Gasteiger partial charge in [0.05, 0.1) is 24.1 Å². The number of amides is 2. The Labute approximate surface area is 194 Å². The number of anilines is 1. The molecule has 1 N–H and O–H groups in total. The number of carbonyl (C=O) groups is 2. The van der Waals surface area contributed by atoms with Gasteiger partial charge in [0, 0.05) is 13.1 Å². The zero-order valence-electron chi connectivity index (χ0n) is 18.5. The summed E-state index contributed by atoms with van der Waals surface area (Å²) in [5.41, 5.74) is 1.03. The predicted octanol–water partition coefficient (Wildman–Crippen LogP) is 2.67. The minimum absolute atomic E-state index is 0.152. The van der Waals surface area contributed by atoms with Crippen LogP contribution in [0.4, 0.5) is 5.69 Å². The van der Waals surface area contributed by atoms with Gasteiger partial charge in [-0.05, 0) is 37.6 Å². The fourth-order valence-electron chi connectivity index (χ4n) is 3.11. The van der Waals surface area contributed by atoms with Gasteiger partial charge in [-0.3, -0.25) is 13.9 Å². The van der Waals surface area contributed by atoms with E-state index in [1.807, 2.05) is 30.3 Å². The maximum absolute atomic E-state index is 13.3. The summed E-state index contributed by atoms with van der Waals surface area (Å²) < 4.78 is 31.1. The maximum atomic E-state index is 13.3. The van der Waals surface area contributed by atoms with Gasteiger partial charge in [0.1, 0.15) is 18.3 Å². The number of methoxy groups -OCH3 is 1. The van der Waals surface area contributed by atoms with Crippen LogP contribution in [0, 0.1) is 0 Å². The van der Waals surface area contributed by atoms with E-state index in [1.54, 1.807) is 13.8 Å². The van der Waals surface area contributed by atoms with Gasteiger partial charge in [0.25, 0.3) is 0 Å². The molecule has 0 heterocycles. The summed E-state index contributed by atoms with van der Waals surface area (Å²) in [5, 5.41) is 2.92. The maximum Gasteiger partial charge on any atom is 0.244 e. The van der Waals surface area contributed by atoms with Crippen molar-refractivity contribution in [3.63, 3.8) is 0 Å². The highest BCUT2D eigenvalue weighted by molar-refractivity contribution is 7.92. The number of nitrogens with one attached hydrogen (secondary N) is 1. The van der Waals surface area contributed by atoms with E-state index in [2.05, 4.69) is 5.32 Å². The molecule has 2 aromatic carbocycles. The molecule has 1 unspecified atom stereocenters. The third kappa shape index (κ3) is 6.61. The van der Waals surface area contributed by atoms with Crippen molar-refractivity contribution in [2.75, 3.05) is 30.8 Å². The van der Waals surface area contributed by atoms with E-state index >= 15 is 0 Å². The monoisotopic (exact) mass is 481 g/mol. The average molecular weight is 482 g/mol. The zero-order chi connectivity index (χ0) is 23.9. The van der Waals surface area contributed by atoms with Crippen LogP contribution in [-0.4, -0.2) is 57.6 Å². The van der Waals surface area contributed by atoms with Gasteiger partial charge in [-0.1, -0.05) is 41.9 Å². The number of hydrogen-bond acceptors (Lipinski definition) is 5. The molecule has 8 nitrogen and oxygen atoms in total. The molecule has 0 aliphatic rings. The Balaban J connectivity index is 2.38. The number of sulfonamides is 1. The lowest BCUT2D eigenvalue weighted by Crippen LogP contribution is -2.51. The molecular formula is C22H28ClN3O5S. The van der Waals surface area contributed by atoms with Crippen LogP contribution < -0.4 is 14.4 Å². The fraction of sp³-hybridized carbons (Fsp3) is 0.364. The average Bonchev–Trinajstić information content (AvgIpc) is 2.75. The minimum Gasteiger partial charge on any atom is -0.495 e. The van der Waals surface area contributed by atoms with E-state index in [9.17, 15) is 18.0 Å². The highest BCUT2D eigenvalue weighted by Gasteiger charge is 2.30. The normalized spacial score (nSPS) is 12.0. The Morgan fingerprint density at radius 2 is 1.81 bits per heavy atom. The Hall–Kier alpha value is -2.78. The topological polar surface area (TPSA) is 96.0 Å². The highest BCUT2D eigenvalue weighted by Crippen LogP contribution is 2.30. The van der Waals surface area contributed by atoms with Crippen molar-refractivity contribution in [2.24, 2.45) is 0 Å². The van der Waals surface area contributed by atoms with E-state index in [-0.39, 0.29) is 23.2 Å². The summed E-state index contributed by atoms with van der Waals surface area (Å²) in [6, 6.07) is 12.8. The van der Waals surface area contributed by atoms with Crippen molar-refractivity contribution < 1.29 is 22.7 Å². The van der Waals surface area contributed by atoms with Gasteiger partial charge >= 0.3 is 0 Å². The summed E-state index contributed by atoms with van der Waals surface area (Å²) in [7, 11) is -2.38. The van der Waals surface area contributed by atoms with Crippen LogP contribution >= 0.6 is 11.6 Å². The van der Waals surface area contributed by atoms with Crippen LogP contribution in [0.1, 0.15) is 19.4 Å². The van der Waals surface area contributed by atoms with Crippen LogP contribution in [0.15, 0.2) is 48.5 Å². The van der Waals surface area contributed by atoms with E-state index in [1.165, 1.54) is 30.2 Å². The van der Waals surface area contributed by atoms with Crippen LogP contribution in [-0.2, 0) is 26.2 Å². The fourth-order valence-corrected chi connectivity index (χ4v) is 4.20. The molecule has 0 saturated heterocycles. The quantitative estimate of drug-likeness (QED) is 0.562. The SMILES string of the molecule is CCNC(=O)C(C)N(Cc1ccccc1)C(=O)CN(c1ccc(OC)c(Cl)c1)S(C)(=O)=O. The Bertz CT molecular complexity index is 1050. The Morgan fingerprint density at radius 3 is 2.34 bits per heavy atom. The molecular weight excluding hydrogens is 454 g/mol. The molecule has 0 radical (unpaired) electrons. The third-order valence-corrected chi connectivity index (χ3v) is 6.25. The first kappa shape index (κ1) is 25.5. The lowest BCUT2D eigenvalue weighted by molar-refractivity contribution is -0.139. The second kappa shape index (κ2) is 11.2. The van der Waals surface area contributed by atoms with Crippen LogP contribution in [0.2, 0.25) is 5.02 Å². The van der Waals surface area contributed by atoms with Crippen molar-refractivity contribution in [2.45, 2.75) is 26.4 Å². The van der Waals surface area contributed by atoms with Crippen molar-refractivity contribution in [3.05, 3.63) is 59.1 Å². The van der Waals surface area contributed by atoms with Gasteiger partial charge in [-0.15, -0.1) is 0 Å². The van der Waals surface area contributed by atoms with Gasteiger partial charge < -0.3 is 15.0 Å². The molecule has 0 saturated carbocycles. The number of benzene rings is 2. The molecule has 0 aromatic heterocycles. The Kier molecular flexibility index (Phi) is 8.91. The number of nitrogens with zero attached hydrogens (tertiary/aromatic N) is 2. The summed E-state index contributed by atoms with van der Waals surface area (Å²) >= 11 is 6.16. The van der Waals surface area contributed by atoms with E-state index in [4.69, 9.17) is 16.3 Å². The first-order valence-electron chi connectivity index (χ1n) is 10.0. The standard InChI is InChI=1S/C22H28ClN3O5S/c1-5-24-22(28)16(2)25(14-17-9-7-6-8-10-17)21(27)15-26(32(4,29)30)18-11-12-20(31-3)19(23)13-18/h6-13,16H,5,14-15H2,1-4H3,(H,24,28). The molecule has 2 rings (SSSR count). The smallest absolute Gasteiger partial charge is 0.244 e. The number of likely N-dealkylation sites (N-methyl/N-ethyl adjacent to an activating group) is 1. The molecule has 0 aliphatic heterocycles. The number of carbonyl (C=O) groups excluding carboxylic acids is 2. The van der Waals surface area contributed by atoms with E-state index in [0.717, 1.165) is 16.1 Å². The summed E-state index contributed by atoms with van der Waals surface area (Å²) in [6.45, 7) is 3.47. The zero-order valence-corrected chi connectivity index (χ0v) is 20.1. The highest BCUT2D eigenvalue weighted by atomic mass is 35.5. The van der Waals surface area contributed by atoms with Crippen LogP contribution in [0.5, 0.6) is 5.75 Å². The molecule has 2 aromatic rings. The third-order valence-electron chi connectivity index (χ3n) is 4.82. The molecule has 0 aliphatic carbocycles. The first-order valence-corrected chi connectivity index (χ1v) is 12.2. The molecule has 0 spiro atoms. The van der Waals surface area contributed by atoms with Crippen LogP contribution in [0.3, 0.4) is 0 Å². The van der Waals surface area contributed by atoms with Crippen molar-refractivity contribution in [1.29, 1.82) is 0 Å². The molecule has 0 bridgehead atoms. The van der Waals surface area contributed by atoms with Gasteiger partial charge in [0.15, 0.2) is 0 Å². The molecule has 174 valence electrons. The number of ether oxygens (including phenoxy) is 1. The Morgan fingerprint density at radius 1 is 1.16 bits per heavy atom. The predicted molar refractivity (Wildman–Crippen MR) is 125 cm³/mol. The molecule has 32 heavy (non-hydrogen) atoms. The molecule has 2 amide bonds. The van der Waals surface area contributed by atoms with Gasteiger partial charge in [-0.25, -0.2) is 8.42 Å². The summed E-state index contributed by atoms with van der Waals surface area (Å²) in [5.74, 6) is -0.467. The summed E-state index contributed by atoms with van der Waals surface area (Å²) in [4.78, 5) is 27.2. The molecule has 0 fully saturated rings. The second-order valence-corrected chi connectivity index (χ2v) is 9.48. The number of hydrogen-bond donors (Lipinski definition) is 1. The lowest BCUT2D eigenvalue weighted by atomic mass is 10.1. The van der Waals surface area contributed by atoms with Crippen molar-refractivity contribution in [3.8, 4) is 5.75 Å². The second-order valence-electron chi connectivity index (χ2n) is 7.17. The van der Waals surface area contributed by atoms with Gasteiger partial charge in [0.2, 0.25) is 21.8 Å². The number of rotatable bonds is 10. The first-order chi connectivity index (χ1) is 15.1.